The molecular weight excluding hydrogens is 400 g/mol. The topological polar surface area (TPSA) is 59.1 Å². The molecule has 156 valence electrons. The van der Waals surface area contributed by atoms with Gasteiger partial charge in [0.1, 0.15) is 16.4 Å². The van der Waals surface area contributed by atoms with Crippen molar-refractivity contribution in [2.24, 2.45) is 0 Å². The first-order valence-corrected chi connectivity index (χ1v) is 11.1. The van der Waals surface area contributed by atoms with Crippen LogP contribution in [0.25, 0.3) is 0 Å². The fraction of sp³-hybridized carbons (Fsp3) is 0.217. The zero-order valence-corrected chi connectivity index (χ0v) is 17.8. The molecule has 3 aromatic carbocycles. The fourth-order valence-corrected chi connectivity index (χ4v) is 5.34. The fourth-order valence-electron chi connectivity index (χ4n) is 3.72. The molecule has 30 heavy (non-hydrogen) atoms. The molecule has 0 unspecified atom stereocenters. The highest BCUT2D eigenvalue weighted by atomic mass is 32.2. The minimum Gasteiger partial charge on any atom is -0.497 e. The molecule has 6 nitrogen and oxygen atoms in total. The smallest absolute Gasteiger partial charge is 0.268 e. The molecule has 3 aromatic rings. The number of rotatable bonds is 6. The second-order valence-corrected chi connectivity index (χ2v) is 8.82. The Hall–Kier alpha value is -3.19. The van der Waals surface area contributed by atoms with E-state index in [-0.39, 0.29) is 4.90 Å². The second-order valence-electron chi connectivity index (χ2n) is 6.99. The molecule has 0 saturated carbocycles. The molecule has 0 atom stereocenters. The van der Waals surface area contributed by atoms with Gasteiger partial charge in [0.15, 0.2) is 0 Å². The number of ether oxygens (including phenoxy) is 2. The van der Waals surface area contributed by atoms with Crippen molar-refractivity contribution < 1.29 is 17.9 Å². The average molecular weight is 425 g/mol. The summed E-state index contributed by atoms with van der Waals surface area (Å²) in [6.07, 6.45) is 0. The van der Waals surface area contributed by atoms with Crippen LogP contribution < -0.4 is 18.7 Å². The predicted molar refractivity (Wildman–Crippen MR) is 118 cm³/mol. The Morgan fingerprint density at radius 3 is 2.30 bits per heavy atom. The van der Waals surface area contributed by atoms with E-state index in [1.807, 2.05) is 24.3 Å². The van der Waals surface area contributed by atoms with Gasteiger partial charge in [0, 0.05) is 19.2 Å². The van der Waals surface area contributed by atoms with Crippen LogP contribution in [-0.2, 0) is 16.6 Å². The van der Waals surface area contributed by atoms with Crippen LogP contribution in [0.5, 0.6) is 11.5 Å². The standard InChI is InChI=1S/C23H24N2O4S/c1-28-19-12-13-20-21(16-19)24(17-18-8-4-3-5-9-18)14-15-25(20)30(26,27)23-11-7-6-10-22(23)29-2/h3-13,16H,14-15,17H2,1-2H3. The number of hydrogen-bond acceptors (Lipinski definition) is 5. The molecule has 0 bridgehead atoms. The molecule has 1 aliphatic heterocycles. The van der Waals surface area contributed by atoms with Gasteiger partial charge in [-0.2, -0.15) is 0 Å². The molecule has 0 aromatic heterocycles. The van der Waals surface area contributed by atoms with Crippen molar-refractivity contribution in [3.63, 3.8) is 0 Å². The third-order valence-corrected chi connectivity index (χ3v) is 7.07. The molecule has 0 fully saturated rings. The van der Waals surface area contributed by atoms with E-state index in [0.29, 0.717) is 36.8 Å². The zero-order valence-electron chi connectivity index (χ0n) is 17.0. The van der Waals surface area contributed by atoms with Gasteiger partial charge in [-0.15, -0.1) is 0 Å². The first kappa shape index (κ1) is 20.1. The summed E-state index contributed by atoms with van der Waals surface area (Å²) < 4.78 is 39.3. The molecule has 0 amide bonds. The van der Waals surface area contributed by atoms with E-state index in [1.54, 1.807) is 43.5 Å². The maximum Gasteiger partial charge on any atom is 0.268 e. The Balaban J connectivity index is 1.77. The normalized spacial score (nSPS) is 13.7. The number of hydrogen-bond donors (Lipinski definition) is 0. The minimum atomic E-state index is -3.79. The van der Waals surface area contributed by atoms with E-state index in [1.165, 1.54) is 11.4 Å². The minimum absolute atomic E-state index is 0.158. The van der Waals surface area contributed by atoms with Crippen molar-refractivity contribution in [2.75, 3.05) is 36.5 Å². The van der Waals surface area contributed by atoms with E-state index in [9.17, 15) is 8.42 Å². The molecule has 0 radical (unpaired) electrons. The SMILES string of the molecule is COc1ccc2c(c1)N(Cc1ccccc1)CCN2S(=O)(=O)c1ccccc1OC. The molecule has 1 heterocycles. The Bertz CT molecular complexity index is 1130. The molecule has 1 aliphatic rings. The molecule has 0 aliphatic carbocycles. The van der Waals surface area contributed by atoms with Crippen LogP contribution in [0.1, 0.15) is 5.56 Å². The number of nitrogens with zero attached hydrogens (tertiary/aromatic N) is 2. The highest BCUT2D eigenvalue weighted by molar-refractivity contribution is 7.93. The van der Waals surface area contributed by atoms with Gasteiger partial charge in [-0.05, 0) is 29.8 Å². The van der Waals surface area contributed by atoms with Crippen molar-refractivity contribution >= 4 is 21.4 Å². The third-order valence-electron chi connectivity index (χ3n) is 5.22. The van der Waals surface area contributed by atoms with E-state index in [2.05, 4.69) is 17.0 Å². The highest BCUT2D eigenvalue weighted by Crippen LogP contribution is 2.40. The number of sulfonamides is 1. The summed E-state index contributed by atoms with van der Waals surface area (Å²) in [6, 6.07) is 22.3. The average Bonchev–Trinajstić information content (AvgIpc) is 2.79. The van der Waals surface area contributed by atoms with Gasteiger partial charge in [-0.3, -0.25) is 4.31 Å². The highest BCUT2D eigenvalue weighted by Gasteiger charge is 2.34. The van der Waals surface area contributed by atoms with Crippen LogP contribution in [0.3, 0.4) is 0 Å². The number of methoxy groups -OCH3 is 2. The Morgan fingerprint density at radius 2 is 1.57 bits per heavy atom. The number of fused-ring (bicyclic) bond motifs is 1. The van der Waals surface area contributed by atoms with Crippen LogP contribution >= 0.6 is 0 Å². The van der Waals surface area contributed by atoms with Crippen LogP contribution in [0.15, 0.2) is 77.7 Å². The second kappa shape index (κ2) is 8.28. The van der Waals surface area contributed by atoms with Gasteiger partial charge >= 0.3 is 0 Å². The largest absolute Gasteiger partial charge is 0.497 e. The lowest BCUT2D eigenvalue weighted by Gasteiger charge is -2.38. The van der Waals surface area contributed by atoms with Crippen molar-refractivity contribution in [3.05, 3.63) is 78.4 Å². The van der Waals surface area contributed by atoms with Gasteiger partial charge < -0.3 is 14.4 Å². The maximum absolute atomic E-state index is 13.5. The Morgan fingerprint density at radius 1 is 0.833 bits per heavy atom. The number of benzene rings is 3. The molecule has 0 N–H and O–H groups in total. The molecular formula is C23H24N2O4S. The van der Waals surface area contributed by atoms with Crippen molar-refractivity contribution in [1.82, 2.24) is 0 Å². The lowest BCUT2D eigenvalue weighted by molar-refractivity contribution is 0.402. The Labute approximate surface area is 177 Å². The summed E-state index contributed by atoms with van der Waals surface area (Å²) >= 11 is 0. The van der Waals surface area contributed by atoms with Gasteiger partial charge in [-0.1, -0.05) is 42.5 Å². The lowest BCUT2D eigenvalue weighted by Crippen LogP contribution is -2.43. The third kappa shape index (κ3) is 3.68. The van der Waals surface area contributed by atoms with Gasteiger partial charge in [0.25, 0.3) is 10.0 Å². The summed E-state index contributed by atoms with van der Waals surface area (Å²) in [7, 11) is -0.709. The predicted octanol–water partition coefficient (Wildman–Crippen LogP) is 3.92. The first-order valence-electron chi connectivity index (χ1n) is 9.67. The van der Waals surface area contributed by atoms with Crippen LogP contribution in [0.4, 0.5) is 11.4 Å². The maximum atomic E-state index is 13.5. The van der Waals surface area contributed by atoms with Gasteiger partial charge in [0.05, 0.1) is 32.1 Å². The summed E-state index contributed by atoms with van der Waals surface area (Å²) in [5, 5.41) is 0. The summed E-state index contributed by atoms with van der Waals surface area (Å²) in [5.41, 5.74) is 2.61. The van der Waals surface area contributed by atoms with Crippen molar-refractivity contribution in [3.8, 4) is 11.5 Å². The van der Waals surface area contributed by atoms with E-state index in [0.717, 1.165) is 11.3 Å². The van der Waals surface area contributed by atoms with E-state index in [4.69, 9.17) is 9.47 Å². The van der Waals surface area contributed by atoms with Gasteiger partial charge in [-0.25, -0.2) is 8.42 Å². The molecule has 7 heteroatoms. The lowest BCUT2D eigenvalue weighted by atomic mass is 10.1. The van der Waals surface area contributed by atoms with E-state index >= 15 is 0 Å². The first-order chi connectivity index (χ1) is 14.5. The molecule has 0 spiro atoms. The van der Waals surface area contributed by atoms with E-state index < -0.39 is 10.0 Å². The summed E-state index contributed by atoms with van der Waals surface area (Å²) in [4.78, 5) is 2.34. The summed E-state index contributed by atoms with van der Waals surface area (Å²) in [5.74, 6) is 1.02. The number of anilines is 2. The zero-order chi connectivity index (χ0) is 21.1. The summed E-state index contributed by atoms with van der Waals surface area (Å²) in [6.45, 7) is 1.58. The molecule has 0 saturated heterocycles. The van der Waals surface area contributed by atoms with Crippen molar-refractivity contribution in [2.45, 2.75) is 11.4 Å². The number of para-hydroxylation sites is 1. The molecule has 4 rings (SSSR count). The van der Waals surface area contributed by atoms with Crippen LogP contribution in [0, 0.1) is 0 Å². The van der Waals surface area contributed by atoms with Crippen LogP contribution in [-0.4, -0.2) is 35.7 Å². The van der Waals surface area contributed by atoms with Gasteiger partial charge in [0.2, 0.25) is 0 Å². The monoisotopic (exact) mass is 424 g/mol. The quantitative estimate of drug-likeness (QED) is 0.600. The Kier molecular flexibility index (Phi) is 5.55. The van der Waals surface area contributed by atoms with Crippen LogP contribution in [0.2, 0.25) is 0 Å². The van der Waals surface area contributed by atoms with Crippen molar-refractivity contribution in [1.29, 1.82) is 0 Å².